The van der Waals surface area contributed by atoms with Crippen LogP contribution < -0.4 is 5.56 Å². The van der Waals surface area contributed by atoms with E-state index in [1.807, 2.05) is 43.3 Å². The van der Waals surface area contributed by atoms with E-state index in [0.29, 0.717) is 23.3 Å². The Balaban J connectivity index is 2.12. The molecule has 0 radical (unpaired) electrons. The molecule has 0 aliphatic rings. The molecule has 0 saturated carbocycles. The second kappa shape index (κ2) is 7.99. The van der Waals surface area contributed by atoms with E-state index in [1.165, 1.54) is 22.2 Å². The maximum absolute atomic E-state index is 13.0. The number of carboxylic acid groups (broad SMARTS) is 1. The lowest BCUT2D eigenvalue weighted by Crippen LogP contribution is -2.22. The minimum atomic E-state index is -1.07. The third-order valence-corrected chi connectivity index (χ3v) is 4.49. The van der Waals surface area contributed by atoms with Crippen molar-refractivity contribution < 1.29 is 9.90 Å². The number of benzene rings is 1. The largest absolute Gasteiger partial charge is 0.478 e. The van der Waals surface area contributed by atoms with Crippen LogP contribution in [0.5, 0.6) is 0 Å². The number of aromatic carboxylic acids is 1. The molecule has 0 aliphatic heterocycles. The van der Waals surface area contributed by atoms with Gasteiger partial charge in [-0.15, -0.1) is 0 Å². The van der Waals surface area contributed by atoms with Crippen molar-refractivity contribution >= 4 is 23.8 Å². The van der Waals surface area contributed by atoms with Crippen LogP contribution in [-0.2, 0) is 6.42 Å². The van der Waals surface area contributed by atoms with Gasteiger partial charge in [-0.25, -0.2) is 9.78 Å². The van der Waals surface area contributed by atoms with Crippen molar-refractivity contribution in [3.05, 3.63) is 80.9 Å². The number of unbranched alkanes of at least 4 members (excludes halogenated alkanes) is 1. The number of nitrogens with zero attached hydrogens (tertiary/aromatic N) is 2. The van der Waals surface area contributed by atoms with Crippen molar-refractivity contribution in [2.45, 2.75) is 33.1 Å². The number of carbonyl (C=O) groups is 1. The van der Waals surface area contributed by atoms with Crippen LogP contribution in [0.25, 0.3) is 17.8 Å². The van der Waals surface area contributed by atoms with Gasteiger partial charge in [0.15, 0.2) is 0 Å². The lowest BCUT2D eigenvalue weighted by Gasteiger charge is -2.09. The van der Waals surface area contributed by atoms with Crippen molar-refractivity contribution in [2.75, 3.05) is 0 Å². The Kier molecular flexibility index (Phi) is 5.50. The lowest BCUT2D eigenvalue weighted by molar-refractivity contribution is 0.0696. The maximum atomic E-state index is 13.0. The summed E-state index contributed by atoms with van der Waals surface area (Å²) < 4.78 is 1.33. The highest BCUT2D eigenvalue weighted by molar-refractivity contribution is 5.87. The quantitative estimate of drug-likeness (QED) is 0.713. The molecule has 1 aromatic carbocycles. The average molecular weight is 362 g/mol. The number of aromatic nitrogens is 2. The lowest BCUT2D eigenvalue weighted by atomic mass is 10.1. The summed E-state index contributed by atoms with van der Waals surface area (Å²) in [5.74, 6) is -1.07. The fraction of sp³-hybridized carbons (Fsp3) is 0.227. The van der Waals surface area contributed by atoms with Gasteiger partial charge in [-0.2, -0.15) is 0 Å². The van der Waals surface area contributed by atoms with Crippen LogP contribution in [0.15, 0.2) is 47.4 Å². The van der Waals surface area contributed by atoms with E-state index in [2.05, 4.69) is 11.9 Å². The normalized spacial score (nSPS) is 11.3. The Morgan fingerprint density at radius 2 is 1.89 bits per heavy atom. The maximum Gasteiger partial charge on any atom is 0.337 e. The number of fused-ring (bicyclic) bond motifs is 1. The van der Waals surface area contributed by atoms with Crippen LogP contribution in [0.3, 0.4) is 0 Å². The third-order valence-electron chi connectivity index (χ3n) is 4.49. The van der Waals surface area contributed by atoms with Crippen LogP contribution in [0, 0.1) is 6.92 Å². The van der Waals surface area contributed by atoms with Gasteiger partial charge in [0.2, 0.25) is 0 Å². The van der Waals surface area contributed by atoms with Crippen molar-refractivity contribution in [3.8, 4) is 0 Å². The van der Waals surface area contributed by atoms with Crippen LogP contribution in [0.1, 0.15) is 52.5 Å². The Bertz CT molecular complexity index is 1060. The molecule has 0 saturated heterocycles. The van der Waals surface area contributed by atoms with Crippen molar-refractivity contribution in [2.24, 2.45) is 0 Å². The van der Waals surface area contributed by atoms with E-state index in [4.69, 9.17) is 0 Å². The summed E-state index contributed by atoms with van der Waals surface area (Å²) in [4.78, 5) is 28.8. The second-order valence-electron chi connectivity index (χ2n) is 6.58. The van der Waals surface area contributed by atoms with E-state index in [0.717, 1.165) is 18.4 Å². The summed E-state index contributed by atoms with van der Waals surface area (Å²) in [7, 11) is 0. The standard InChI is InChI=1S/C22H22N2O3/c1-3-4-5-18-19(12-10-16-8-6-15(2)7-9-16)23-20-13-11-17(22(26)27)14-24(20)21(18)25/h6-14H,3-5H2,1-2H3,(H,26,27). The summed E-state index contributed by atoms with van der Waals surface area (Å²) in [6.07, 6.45) is 7.58. The van der Waals surface area contributed by atoms with E-state index in [1.54, 1.807) is 6.07 Å². The second-order valence-corrected chi connectivity index (χ2v) is 6.58. The predicted molar refractivity (Wildman–Crippen MR) is 107 cm³/mol. The summed E-state index contributed by atoms with van der Waals surface area (Å²) in [6, 6.07) is 11.1. The van der Waals surface area contributed by atoms with Gasteiger partial charge in [0.25, 0.3) is 5.56 Å². The highest BCUT2D eigenvalue weighted by Crippen LogP contribution is 2.14. The van der Waals surface area contributed by atoms with E-state index in [9.17, 15) is 14.7 Å². The van der Waals surface area contributed by atoms with Crippen LogP contribution in [0.2, 0.25) is 0 Å². The van der Waals surface area contributed by atoms with Crippen molar-refractivity contribution in [1.29, 1.82) is 0 Å². The molecule has 0 aliphatic carbocycles. The molecule has 0 atom stereocenters. The molecular weight excluding hydrogens is 340 g/mol. The SMILES string of the molecule is CCCCc1c(C=Cc2ccc(C)cc2)nc2ccc(C(=O)O)cn2c1=O. The number of aryl methyl sites for hydroxylation is 1. The molecule has 2 heterocycles. The van der Waals surface area contributed by atoms with Crippen LogP contribution in [-0.4, -0.2) is 20.5 Å². The zero-order valence-corrected chi connectivity index (χ0v) is 15.5. The monoisotopic (exact) mass is 362 g/mol. The highest BCUT2D eigenvalue weighted by Gasteiger charge is 2.12. The first kappa shape index (κ1) is 18.6. The van der Waals surface area contributed by atoms with Crippen molar-refractivity contribution in [3.63, 3.8) is 0 Å². The van der Waals surface area contributed by atoms with E-state index < -0.39 is 5.97 Å². The van der Waals surface area contributed by atoms with Crippen LogP contribution in [0.4, 0.5) is 0 Å². The highest BCUT2D eigenvalue weighted by atomic mass is 16.4. The van der Waals surface area contributed by atoms with Gasteiger partial charge >= 0.3 is 5.97 Å². The molecule has 0 amide bonds. The van der Waals surface area contributed by atoms with Crippen LogP contribution >= 0.6 is 0 Å². The molecule has 5 heteroatoms. The van der Waals surface area contributed by atoms with Gasteiger partial charge < -0.3 is 5.11 Å². The zero-order valence-electron chi connectivity index (χ0n) is 15.5. The van der Waals surface area contributed by atoms with Gasteiger partial charge in [-0.1, -0.05) is 49.2 Å². The topological polar surface area (TPSA) is 71.7 Å². The number of carboxylic acids is 1. The Morgan fingerprint density at radius 3 is 2.56 bits per heavy atom. The summed E-state index contributed by atoms with van der Waals surface area (Å²) in [5, 5.41) is 9.18. The Labute approximate surface area is 157 Å². The molecule has 2 aromatic heterocycles. The van der Waals surface area contributed by atoms with Gasteiger partial charge in [0, 0.05) is 11.8 Å². The van der Waals surface area contributed by atoms with E-state index in [-0.39, 0.29) is 11.1 Å². The number of hydrogen-bond donors (Lipinski definition) is 1. The summed E-state index contributed by atoms with van der Waals surface area (Å²) >= 11 is 0. The molecule has 0 fully saturated rings. The zero-order chi connectivity index (χ0) is 19.4. The summed E-state index contributed by atoms with van der Waals surface area (Å²) in [6.45, 7) is 4.10. The molecular formula is C22H22N2O3. The first-order valence-electron chi connectivity index (χ1n) is 9.03. The number of pyridine rings is 1. The first-order chi connectivity index (χ1) is 13.0. The molecule has 0 spiro atoms. The van der Waals surface area contributed by atoms with Gasteiger partial charge in [0.1, 0.15) is 5.65 Å². The number of rotatable bonds is 6. The smallest absolute Gasteiger partial charge is 0.337 e. The minimum absolute atomic E-state index is 0.0655. The van der Waals surface area contributed by atoms with Gasteiger partial charge in [0.05, 0.1) is 11.3 Å². The fourth-order valence-corrected chi connectivity index (χ4v) is 2.90. The molecule has 0 bridgehead atoms. The fourth-order valence-electron chi connectivity index (χ4n) is 2.90. The Morgan fingerprint density at radius 1 is 1.15 bits per heavy atom. The molecule has 5 nitrogen and oxygen atoms in total. The summed E-state index contributed by atoms with van der Waals surface area (Å²) in [5.41, 5.74) is 3.76. The minimum Gasteiger partial charge on any atom is -0.478 e. The van der Waals surface area contributed by atoms with Gasteiger partial charge in [-0.05, 0) is 43.5 Å². The molecule has 3 rings (SSSR count). The molecule has 1 N–H and O–H groups in total. The molecule has 0 unspecified atom stereocenters. The number of hydrogen-bond acceptors (Lipinski definition) is 3. The van der Waals surface area contributed by atoms with Crippen molar-refractivity contribution in [1.82, 2.24) is 9.38 Å². The molecule has 138 valence electrons. The Hall–Kier alpha value is -3.21. The van der Waals surface area contributed by atoms with Gasteiger partial charge in [-0.3, -0.25) is 9.20 Å². The molecule has 3 aromatic rings. The molecule has 27 heavy (non-hydrogen) atoms. The third kappa shape index (κ3) is 4.14. The van der Waals surface area contributed by atoms with E-state index >= 15 is 0 Å². The first-order valence-corrected chi connectivity index (χ1v) is 9.03. The average Bonchev–Trinajstić information content (AvgIpc) is 2.66. The predicted octanol–water partition coefficient (Wildman–Crippen LogP) is 4.21.